The molecule has 1 aromatic carbocycles. The highest BCUT2D eigenvalue weighted by Crippen LogP contribution is 2.11. The van der Waals surface area contributed by atoms with E-state index >= 15 is 0 Å². The van der Waals surface area contributed by atoms with Gasteiger partial charge in [0, 0.05) is 5.56 Å². The molecular weight excluding hydrogens is 266 g/mol. The molecule has 2 N–H and O–H groups in total. The smallest absolute Gasteiger partial charge is 0.326 e. The lowest BCUT2D eigenvalue weighted by Crippen LogP contribution is -2.41. The van der Waals surface area contributed by atoms with Crippen molar-refractivity contribution in [2.45, 2.75) is 12.5 Å². The zero-order valence-electron chi connectivity index (χ0n) is 10.9. The highest BCUT2D eigenvalue weighted by Gasteiger charge is 2.19. The van der Waals surface area contributed by atoms with Gasteiger partial charge in [-0.3, -0.25) is 4.79 Å². The molecule has 0 aliphatic carbocycles. The van der Waals surface area contributed by atoms with Gasteiger partial charge in [0.2, 0.25) is 0 Å². The first-order chi connectivity index (χ1) is 9.08. The molecule has 1 atom stereocenters. The fourth-order valence-electron chi connectivity index (χ4n) is 1.48. The molecule has 1 amide bonds. The Morgan fingerprint density at radius 2 is 2.00 bits per heavy atom. The largest absolute Gasteiger partial charge is 0.497 e. The number of carboxylic acids is 1. The Balaban J connectivity index is 2.67. The lowest BCUT2D eigenvalue weighted by Gasteiger charge is -2.14. The van der Waals surface area contributed by atoms with Crippen LogP contribution in [0.3, 0.4) is 0 Å². The van der Waals surface area contributed by atoms with E-state index in [9.17, 15) is 9.59 Å². The van der Waals surface area contributed by atoms with Crippen molar-refractivity contribution in [2.24, 2.45) is 0 Å². The van der Waals surface area contributed by atoms with E-state index in [0.29, 0.717) is 23.5 Å². The lowest BCUT2D eigenvalue weighted by molar-refractivity contribution is -0.139. The molecule has 0 heterocycles. The number of methoxy groups -OCH3 is 1. The van der Waals surface area contributed by atoms with Gasteiger partial charge in [0.1, 0.15) is 11.8 Å². The van der Waals surface area contributed by atoms with Crippen LogP contribution in [0.15, 0.2) is 24.3 Å². The van der Waals surface area contributed by atoms with Gasteiger partial charge in [0.05, 0.1) is 7.11 Å². The summed E-state index contributed by atoms with van der Waals surface area (Å²) in [5.41, 5.74) is 0.413. The average molecular weight is 283 g/mol. The van der Waals surface area contributed by atoms with E-state index in [1.807, 2.05) is 6.26 Å². The van der Waals surface area contributed by atoms with Crippen LogP contribution in [-0.4, -0.2) is 42.1 Å². The van der Waals surface area contributed by atoms with Crippen molar-refractivity contribution in [3.05, 3.63) is 29.8 Å². The summed E-state index contributed by atoms with van der Waals surface area (Å²) in [6, 6.07) is 5.66. The third-order valence-corrected chi connectivity index (χ3v) is 3.21. The first-order valence-electron chi connectivity index (χ1n) is 5.75. The van der Waals surface area contributed by atoms with E-state index < -0.39 is 17.9 Å². The quantitative estimate of drug-likeness (QED) is 0.795. The maximum absolute atomic E-state index is 11.9. The molecule has 0 aromatic heterocycles. The lowest BCUT2D eigenvalue weighted by atomic mass is 10.1. The molecule has 0 bridgehead atoms. The summed E-state index contributed by atoms with van der Waals surface area (Å²) < 4.78 is 4.99. The highest BCUT2D eigenvalue weighted by atomic mass is 32.2. The SMILES string of the molecule is COc1ccc(C(=O)NC(CCSC)C(=O)O)cc1. The first-order valence-corrected chi connectivity index (χ1v) is 7.14. The second-order valence-electron chi connectivity index (χ2n) is 3.87. The molecule has 1 aromatic rings. The molecule has 0 spiro atoms. The molecule has 1 rings (SSSR count). The highest BCUT2D eigenvalue weighted by molar-refractivity contribution is 7.98. The van der Waals surface area contributed by atoms with Crippen molar-refractivity contribution >= 4 is 23.6 Å². The topological polar surface area (TPSA) is 75.6 Å². The maximum Gasteiger partial charge on any atom is 0.326 e. The molecule has 0 radical (unpaired) electrons. The second-order valence-corrected chi connectivity index (χ2v) is 4.86. The minimum Gasteiger partial charge on any atom is -0.497 e. The zero-order chi connectivity index (χ0) is 14.3. The molecule has 0 saturated heterocycles. The fraction of sp³-hybridized carbons (Fsp3) is 0.385. The fourth-order valence-corrected chi connectivity index (χ4v) is 1.95. The summed E-state index contributed by atoms with van der Waals surface area (Å²) in [5.74, 6) is -0.0827. The number of ether oxygens (including phenoxy) is 1. The Kier molecular flexibility index (Phi) is 6.21. The molecule has 6 heteroatoms. The van der Waals surface area contributed by atoms with Gasteiger partial charge in [-0.25, -0.2) is 4.79 Å². The van der Waals surface area contributed by atoms with Gasteiger partial charge in [0.15, 0.2) is 0 Å². The van der Waals surface area contributed by atoms with Crippen molar-refractivity contribution in [3.8, 4) is 5.75 Å². The Morgan fingerprint density at radius 3 is 2.47 bits per heavy atom. The average Bonchev–Trinajstić information content (AvgIpc) is 2.43. The predicted molar refractivity (Wildman–Crippen MR) is 74.9 cm³/mol. The van der Waals surface area contributed by atoms with Crippen molar-refractivity contribution in [1.82, 2.24) is 5.32 Å². The minimum absolute atomic E-state index is 0.392. The Morgan fingerprint density at radius 1 is 1.37 bits per heavy atom. The van der Waals surface area contributed by atoms with Gasteiger partial charge in [0.25, 0.3) is 5.91 Å². The van der Waals surface area contributed by atoms with Crippen LogP contribution in [-0.2, 0) is 4.79 Å². The molecule has 104 valence electrons. The number of carbonyl (C=O) groups is 2. The second kappa shape index (κ2) is 7.68. The number of carboxylic acid groups (broad SMARTS) is 1. The summed E-state index contributed by atoms with van der Waals surface area (Å²) in [5, 5.41) is 11.5. The van der Waals surface area contributed by atoms with Gasteiger partial charge in [-0.05, 0) is 42.7 Å². The summed E-state index contributed by atoms with van der Waals surface area (Å²) in [6.45, 7) is 0. The van der Waals surface area contributed by atoms with E-state index in [2.05, 4.69) is 5.32 Å². The van der Waals surface area contributed by atoms with Crippen LogP contribution < -0.4 is 10.1 Å². The summed E-state index contributed by atoms with van der Waals surface area (Å²) in [7, 11) is 1.54. The number of nitrogens with one attached hydrogen (secondary N) is 1. The molecule has 0 aliphatic heterocycles. The van der Waals surface area contributed by atoms with Gasteiger partial charge in [-0.2, -0.15) is 11.8 Å². The number of carbonyl (C=O) groups excluding carboxylic acids is 1. The normalized spacial score (nSPS) is 11.7. The van der Waals surface area contributed by atoms with E-state index in [-0.39, 0.29) is 0 Å². The third-order valence-electron chi connectivity index (χ3n) is 2.57. The van der Waals surface area contributed by atoms with Crippen LogP contribution in [0.5, 0.6) is 5.75 Å². The van der Waals surface area contributed by atoms with Crippen molar-refractivity contribution in [1.29, 1.82) is 0 Å². The number of rotatable bonds is 7. The van der Waals surface area contributed by atoms with Crippen LogP contribution in [0.25, 0.3) is 0 Å². The van der Waals surface area contributed by atoms with Gasteiger partial charge >= 0.3 is 5.97 Å². The van der Waals surface area contributed by atoms with Crippen LogP contribution >= 0.6 is 11.8 Å². The van der Waals surface area contributed by atoms with Gasteiger partial charge in [-0.15, -0.1) is 0 Å². The molecular formula is C13H17NO4S. The van der Waals surface area contributed by atoms with Crippen LogP contribution in [0, 0.1) is 0 Å². The third kappa shape index (κ3) is 4.82. The molecule has 1 unspecified atom stereocenters. The van der Waals surface area contributed by atoms with E-state index in [0.717, 1.165) is 0 Å². The predicted octanol–water partition coefficient (Wildman–Crippen LogP) is 1.63. The number of thioether (sulfide) groups is 1. The Bertz CT molecular complexity index is 433. The van der Waals surface area contributed by atoms with Crippen molar-refractivity contribution < 1.29 is 19.4 Å². The zero-order valence-corrected chi connectivity index (χ0v) is 11.7. The Labute approximate surface area is 116 Å². The number of aliphatic carboxylic acids is 1. The van der Waals surface area contributed by atoms with Gasteiger partial charge < -0.3 is 15.2 Å². The van der Waals surface area contributed by atoms with Crippen LogP contribution in [0.1, 0.15) is 16.8 Å². The minimum atomic E-state index is -1.02. The van der Waals surface area contributed by atoms with Crippen molar-refractivity contribution in [3.63, 3.8) is 0 Å². The van der Waals surface area contributed by atoms with E-state index in [1.165, 1.54) is 7.11 Å². The van der Waals surface area contributed by atoms with E-state index in [4.69, 9.17) is 9.84 Å². The first kappa shape index (κ1) is 15.4. The van der Waals surface area contributed by atoms with E-state index in [1.54, 1.807) is 36.0 Å². The maximum atomic E-state index is 11.9. The number of hydrogen-bond donors (Lipinski definition) is 2. The number of benzene rings is 1. The van der Waals surface area contributed by atoms with Crippen LogP contribution in [0.2, 0.25) is 0 Å². The van der Waals surface area contributed by atoms with Crippen LogP contribution in [0.4, 0.5) is 0 Å². The summed E-state index contributed by atoms with van der Waals surface area (Å²) in [6.07, 6.45) is 2.29. The Hall–Kier alpha value is -1.69. The molecule has 19 heavy (non-hydrogen) atoms. The molecule has 5 nitrogen and oxygen atoms in total. The standard InChI is InChI=1S/C13H17NO4S/c1-18-10-5-3-9(4-6-10)12(15)14-11(13(16)17)7-8-19-2/h3-6,11H,7-8H2,1-2H3,(H,14,15)(H,16,17). The summed E-state index contributed by atoms with van der Waals surface area (Å²) >= 11 is 1.54. The monoisotopic (exact) mass is 283 g/mol. The number of amides is 1. The molecule has 0 fully saturated rings. The van der Waals surface area contributed by atoms with Gasteiger partial charge in [-0.1, -0.05) is 0 Å². The number of hydrogen-bond acceptors (Lipinski definition) is 4. The molecule has 0 saturated carbocycles. The van der Waals surface area contributed by atoms with Crippen molar-refractivity contribution in [2.75, 3.05) is 19.1 Å². The summed E-state index contributed by atoms with van der Waals surface area (Å²) in [4.78, 5) is 22.9. The molecule has 0 aliphatic rings.